The number of tetrazole rings is 1. The average molecular weight is 403 g/mol. The zero-order valence-electron chi connectivity index (χ0n) is 16.4. The molecule has 9 heteroatoms. The van der Waals surface area contributed by atoms with E-state index in [0.29, 0.717) is 5.16 Å². The number of aromatic nitrogens is 4. The summed E-state index contributed by atoms with van der Waals surface area (Å²) in [6, 6.07) is 5.63. The molecule has 1 atom stereocenters. The van der Waals surface area contributed by atoms with Crippen LogP contribution in [0.4, 0.5) is 4.79 Å². The Balaban J connectivity index is 1.61. The second-order valence-electron chi connectivity index (χ2n) is 7.15. The molecule has 3 amide bonds. The quantitative estimate of drug-likeness (QED) is 0.746. The predicted molar refractivity (Wildman–Crippen MR) is 107 cm³/mol. The maximum Gasteiger partial charge on any atom is 0.321 e. The highest BCUT2D eigenvalue weighted by Gasteiger charge is 2.23. The van der Waals surface area contributed by atoms with Crippen LogP contribution in [0.1, 0.15) is 50.2 Å². The third-order valence-corrected chi connectivity index (χ3v) is 6.11. The van der Waals surface area contributed by atoms with Crippen LogP contribution >= 0.6 is 11.8 Å². The van der Waals surface area contributed by atoms with Crippen molar-refractivity contribution in [3.63, 3.8) is 0 Å². The third-order valence-electron chi connectivity index (χ3n) is 5.07. The molecule has 1 aromatic heterocycles. The van der Waals surface area contributed by atoms with E-state index in [-0.39, 0.29) is 11.9 Å². The fraction of sp³-hybridized carbons (Fsp3) is 0.526. The molecule has 2 aromatic rings. The van der Waals surface area contributed by atoms with Crippen LogP contribution in [0.3, 0.4) is 0 Å². The van der Waals surface area contributed by atoms with E-state index < -0.39 is 11.3 Å². The molecule has 0 aliphatic heterocycles. The first kappa shape index (κ1) is 20.3. The minimum atomic E-state index is -0.521. The number of urea groups is 1. The van der Waals surface area contributed by atoms with Gasteiger partial charge in [-0.15, -0.1) is 5.10 Å². The molecular formula is C19H26N6O2S. The van der Waals surface area contributed by atoms with Gasteiger partial charge in [-0.05, 0) is 61.2 Å². The number of carbonyl (C=O) groups excluding carboxylic acids is 2. The Kier molecular flexibility index (Phi) is 6.66. The monoisotopic (exact) mass is 402 g/mol. The van der Waals surface area contributed by atoms with Crippen molar-refractivity contribution >= 4 is 23.7 Å². The van der Waals surface area contributed by atoms with Crippen molar-refractivity contribution < 1.29 is 9.59 Å². The number of hydrogen-bond donors (Lipinski definition) is 2. The molecule has 2 N–H and O–H groups in total. The Bertz CT molecular complexity index is 847. The van der Waals surface area contributed by atoms with Crippen LogP contribution in [0, 0.1) is 13.8 Å². The number of amides is 3. The van der Waals surface area contributed by atoms with E-state index in [9.17, 15) is 9.59 Å². The number of nitrogens with zero attached hydrogens (tertiary/aromatic N) is 4. The van der Waals surface area contributed by atoms with Gasteiger partial charge in [-0.2, -0.15) is 4.68 Å². The SMILES string of the molecule is Cc1cccc(-n2nnnc2SC(C)C(=O)NC(=O)NC2CCCCC2)c1C. The van der Waals surface area contributed by atoms with Crippen LogP contribution in [0.15, 0.2) is 23.4 Å². The van der Waals surface area contributed by atoms with Gasteiger partial charge in [0.25, 0.3) is 0 Å². The van der Waals surface area contributed by atoms with E-state index in [1.165, 1.54) is 18.2 Å². The summed E-state index contributed by atoms with van der Waals surface area (Å²) in [5.41, 5.74) is 3.07. The highest BCUT2D eigenvalue weighted by molar-refractivity contribution is 8.00. The van der Waals surface area contributed by atoms with Gasteiger partial charge in [0.1, 0.15) is 0 Å². The third kappa shape index (κ3) is 4.89. The van der Waals surface area contributed by atoms with Gasteiger partial charge >= 0.3 is 6.03 Å². The van der Waals surface area contributed by atoms with Gasteiger partial charge < -0.3 is 5.32 Å². The maximum atomic E-state index is 12.4. The van der Waals surface area contributed by atoms with Crippen LogP contribution in [0.5, 0.6) is 0 Å². The summed E-state index contributed by atoms with van der Waals surface area (Å²) in [6.07, 6.45) is 5.38. The van der Waals surface area contributed by atoms with Gasteiger partial charge in [0.05, 0.1) is 10.9 Å². The Morgan fingerprint density at radius 2 is 1.96 bits per heavy atom. The Morgan fingerprint density at radius 3 is 2.71 bits per heavy atom. The number of rotatable bonds is 5. The molecule has 8 nitrogen and oxygen atoms in total. The Morgan fingerprint density at radius 1 is 1.21 bits per heavy atom. The Labute approximate surface area is 168 Å². The summed E-state index contributed by atoms with van der Waals surface area (Å²) in [7, 11) is 0. The van der Waals surface area contributed by atoms with Gasteiger partial charge in [-0.25, -0.2) is 4.79 Å². The minimum absolute atomic E-state index is 0.154. The number of thioether (sulfide) groups is 1. The van der Waals surface area contributed by atoms with Crippen molar-refractivity contribution in [2.45, 2.75) is 69.3 Å². The lowest BCUT2D eigenvalue weighted by molar-refractivity contribution is -0.119. The second-order valence-corrected chi connectivity index (χ2v) is 8.46. The van der Waals surface area contributed by atoms with Gasteiger partial charge in [0.2, 0.25) is 11.1 Å². The van der Waals surface area contributed by atoms with Crippen LogP contribution in [-0.4, -0.2) is 43.4 Å². The van der Waals surface area contributed by atoms with Crippen molar-refractivity contribution in [2.75, 3.05) is 0 Å². The molecular weight excluding hydrogens is 376 g/mol. The van der Waals surface area contributed by atoms with E-state index in [0.717, 1.165) is 42.5 Å². The largest absolute Gasteiger partial charge is 0.335 e. The van der Waals surface area contributed by atoms with Crippen molar-refractivity contribution in [1.82, 2.24) is 30.8 Å². The molecule has 1 saturated carbocycles. The zero-order valence-corrected chi connectivity index (χ0v) is 17.3. The first-order valence-corrected chi connectivity index (χ1v) is 10.5. The van der Waals surface area contributed by atoms with Crippen molar-refractivity contribution in [1.29, 1.82) is 0 Å². The zero-order chi connectivity index (χ0) is 20.1. The van der Waals surface area contributed by atoms with Crippen LogP contribution in [-0.2, 0) is 4.79 Å². The highest BCUT2D eigenvalue weighted by Crippen LogP contribution is 2.25. The fourth-order valence-corrected chi connectivity index (χ4v) is 4.06. The van der Waals surface area contributed by atoms with Crippen LogP contribution in [0.25, 0.3) is 5.69 Å². The molecule has 0 bridgehead atoms. The van der Waals surface area contributed by atoms with E-state index in [2.05, 4.69) is 26.2 Å². The maximum absolute atomic E-state index is 12.4. The van der Waals surface area contributed by atoms with E-state index in [1.807, 2.05) is 32.0 Å². The molecule has 1 aromatic carbocycles. The molecule has 0 spiro atoms. The van der Waals surface area contributed by atoms with Gasteiger partial charge in [-0.3, -0.25) is 10.1 Å². The lowest BCUT2D eigenvalue weighted by Crippen LogP contribution is -2.47. The van der Waals surface area contributed by atoms with Crippen LogP contribution < -0.4 is 10.6 Å². The lowest BCUT2D eigenvalue weighted by Gasteiger charge is -2.23. The molecule has 1 aliphatic rings. The molecule has 1 fully saturated rings. The topological polar surface area (TPSA) is 102 Å². The number of benzene rings is 1. The molecule has 0 saturated heterocycles. The summed E-state index contributed by atoms with van der Waals surface area (Å²) in [6.45, 7) is 5.76. The second kappa shape index (κ2) is 9.18. The summed E-state index contributed by atoms with van der Waals surface area (Å²) < 4.78 is 1.62. The predicted octanol–water partition coefficient (Wildman–Crippen LogP) is 2.92. The molecule has 1 unspecified atom stereocenters. The molecule has 28 heavy (non-hydrogen) atoms. The first-order chi connectivity index (χ1) is 13.5. The molecule has 0 radical (unpaired) electrons. The lowest BCUT2D eigenvalue weighted by atomic mass is 9.96. The van der Waals surface area contributed by atoms with Crippen molar-refractivity contribution in [2.24, 2.45) is 0 Å². The molecule has 1 aliphatic carbocycles. The first-order valence-electron chi connectivity index (χ1n) is 9.58. The number of hydrogen-bond acceptors (Lipinski definition) is 6. The molecule has 1 heterocycles. The van der Waals surface area contributed by atoms with Gasteiger partial charge in [-0.1, -0.05) is 43.2 Å². The van der Waals surface area contributed by atoms with E-state index >= 15 is 0 Å². The molecule has 3 rings (SSSR count). The normalized spacial score (nSPS) is 15.8. The van der Waals surface area contributed by atoms with Crippen LogP contribution in [0.2, 0.25) is 0 Å². The summed E-state index contributed by atoms with van der Waals surface area (Å²) >= 11 is 1.22. The standard InChI is InChI=1S/C19H26N6O2S/c1-12-8-7-11-16(13(12)2)25-19(22-23-24-25)28-14(3)17(26)21-18(27)20-15-9-5-4-6-10-15/h7-8,11,14-15H,4-6,9-10H2,1-3H3,(H2,20,21,26,27). The number of carbonyl (C=O) groups is 2. The van der Waals surface area contributed by atoms with Crippen molar-refractivity contribution in [3.8, 4) is 5.69 Å². The summed E-state index contributed by atoms with van der Waals surface area (Å²) in [5.74, 6) is -0.367. The minimum Gasteiger partial charge on any atom is -0.335 e. The van der Waals surface area contributed by atoms with E-state index in [1.54, 1.807) is 11.6 Å². The number of aryl methyl sites for hydroxylation is 1. The van der Waals surface area contributed by atoms with E-state index in [4.69, 9.17) is 0 Å². The van der Waals surface area contributed by atoms with Crippen molar-refractivity contribution in [3.05, 3.63) is 29.3 Å². The highest BCUT2D eigenvalue weighted by atomic mass is 32.2. The Hall–Kier alpha value is -2.42. The van der Waals surface area contributed by atoms with Gasteiger partial charge in [0, 0.05) is 6.04 Å². The van der Waals surface area contributed by atoms with Gasteiger partial charge in [0.15, 0.2) is 0 Å². The summed E-state index contributed by atoms with van der Waals surface area (Å²) in [4.78, 5) is 24.5. The fourth-order valence-electron chi connectivity index (χ4n) is 3.26. The number of nitrogens with one attached hydrogen (secondary N) is 2. The summed E-state index contributed by atoms with van der Waals surface area (Å²) in [5, 5.41) is 17.2. The smallest absolute Gasteiger partial charge is 0.321 e. The number of imide groups is 1. The molecule has 150 valence electrons. The average Bonchev–Trinajstić information content (AvgIpc) is 3.12.